The van der Waals surface area contributed by atoms with Gasteiger partial charge in [0.05, 0.1) is 0 Å². The number of aromatic nitrogens is 1. The van der Waals surface area contributed by atoms with E-state index < -0.39 is 5.51 Å². The average molecular weight is 350 g/mol. The van der Waals surface area contributed by atoms with Crippen molar-refractivity contribution in [1.82, 2.24) is 0 Å². The van der Waals surface area contributed by atoms with Gasteiger partial charge in [-0.3, -0.25) is 0 Å². The summed E-state index contributed by atoms with van der Waals surface area (Å²) in [4.78, 5) is 0. The zero-order chi connectivity index (χ0) is 16.8. The summed E-state index contributed by atoms with van der Waals surface area (Å²) in [5.74, 6) is 0.131. The first-order chi connectivity index (χ1) is 11.1. The maximum Gasteiger partial charge on any atom is 0.441 e. The van der Waals surface area contributed by atoms with Crippen LogP contribution in [-0.4, -0.2) is 24.5 Å². The van der Waals surface area contributed by atoms with Gasteiger partial charge in [0.1, 0.15) is 6.54 Å². The van der Waals surface area contributed by atoms with Crippen LogP contribution in [0.2, 0.25) is 0 Å². The number of alkyl halides is 3. The number of hydrogen-bond acceptors (Lipinski definition) is 2. The van der Waals surface area contributed by atoms with Gasteiger partial charge in [0, 0.05) is 37.5 Å². The van der Waals surface area contributed by atoms with Crippen molar-refractivity contribution < 1.29 is 22.5 Å². The average Bonchev–Trinajstić information content (AvgIpc) is 2.52. The molecular weight excluding hydrogens is 323 g/mol. The van der Waals surface area contributed by atoms with Gasteiger partial charge >= 0.3 is 5.51 Å². The highest BCUT2D eigenvalue weighted by Crippen LogP contribution is 2.30. The number of rotatable bonds is 13. The Morgan fingerprint density at radius 2 is 1.39 bits per heavy atom. The third-order valence-electron chi connectivity index (χ3n) is 3.43. The van der Waals surface area contributed by atoms with E-state index in [2.05, 4.69) is 17.0 Å². The van der Waals surface area contributed by atoms with Crippen LogP contribution in [0.3, 0.4) is 0 Å². The van der Waals surface area contributed by atoms with Crippen molar-refractivity contribution in [3.05, 3.63) is 30.6 Å². The molecule has 0 aromatic carbocycles. The van der Waals surface area contributed by atoms with Crippen LogP contribution < -0.4 is 4.57 Å². The number of unbranched alkanes of at least 4 members (excludes halogenated alkanes) is 5. The molecule has 0 fully saturated rings. The molecule has 0 unspecified atom stereocenters. The van der Waals surface area contributed by atoms with Gasteiger partial charge in [0.25, 0.3) is 0 Å². The van der Waals surface area contributed by atoms with Gasteiger partial charge in [0.15, 0.2) is 12.4 Å². The Bertz CT molecular complexity index is 387. The van der Waals surface area contributed by atoms with Gasteiger partial charge in [-0.1, -0.05) is 30.7 Å². The fourth-order valence-electron chi connectivity index (χ4n) is 2.21. The van der Waals surface area contributed by atoms with E-state index in [0.717, 1.165) is 26.0 Å². The molecule has 0 saturated heterocycles. The maximum absolute atomic E-state index is 11.9. The summed E-state index contributed by atoms with van der Waals surface area (Å²) in [5.41, 5.74) is -4.10. The molecule has 0 spiro atoms. The standard InChI is InChI=1S/C17H27F3NOS/c18-17(19,20)23-16-10-9-15-22-14-8-3-1-2-5-11-21-12-6-4-7-13-21/h4,6-7,12-13H,1-3,5,8-11,14-16H2/q+1. The van der Waals surface area contributed by atoms with E-state index in [9.17, 15) is 13.2 Å². The monoisotopic (exact) mass is 350 g/mol. The zero-order valence-corrected chi connectivity index (χ0v) is 14.4. The number of pyridine rings is 1. The van der Waals surface area contributed by atoms with Crippen LogP contribution in [0.5, 0.6) is 0 Å². The van der Waals surface area contributed by atoms with Gasteiger partial charge in [-0.25, -0.2) is 4.57 Å². The summed E-state index contributed by atoms with van der Waals surface area (Å²) in [7, 11) is 0. The molecule has 0 aliphatic heterocycles. The largest absolute Gasteiger partial charge is 0.441 e. The number of hydrogen-bond donors (Lipinski definition) is 0. The van der Waals surface area contributed by atoms with E-state index in [4.69, 9.17) is 4.74 Å². The normalized spacial score (nSPS) is 11.8. The second-order valence-electron chi connectivity index (χ2n) is 5.49. The Hall–Kier alpha value is -0.750. The van der Waals surface area contributed by atoms with Crippen LogP contribution in [0.4, 0.5) is 13.2 Å². The van der Waals surface area contributed by atoms with Crippen molar-refractivity contribution in [2.75, 3.05) is 19.0 Å². The molecule has 6 heteroatoms. The maximum atomic E-state index is 11.9. The minimum Gasteiger partial charge on any atom is -0.381 e. The molecule has 0 amide bonds. The van der Waals surface area contributed by atoms with Crippen LogP contribution in [-0.2, 0) is 11.3 Å². The minimum atomic E-state index is -4.10. The summed E-state index contributed by atoms with van der Waals surface area (Å²) in [5, 5.41) is 0. The molecule has 1 aromatic heterocycles. The third-order valence-corrected chi connectivity index (χ3v) is 4.25. The first-order valence-electron chi connectivity index (χ1n) is 8.30. The van der Waals surface area contributed by atoms with Crippen molar-refractivity contribution in [1.29, 1.82) is 0 Å². The molecular formula is C17H27F3NOS+. The quantitative estimate of drug-likeness (QED) is 0.368. The van der Waals surface area contributed by atoms with E-state index in [1.807, 2.05) is 18.2 Å². The predicted octanol–water partition coefficient (Wildman–Crippen LogP) is 4.97. The van der Waals surface area contributed by atoms with Crippen molar-refractivity contribution in [2.24, 2.45) is 0 Å². The smallest absolute Gasteiger partial charge is 0.381 e. The van der Waals surface area contributed by atoms with E-state index >= 15 is 0 Å². The Balaban J connectivity index is 1.76. The molecule has 0 bridgehead atoms. The summed E-state index contributed by atoms with van der Waals surface area (Å²) in [6.45, 7) is 2.36. The number of halogens is 3. The lowest BCUT2D eigenvalue weighted by Gasteiger charge is -2.06. The highest BCUT2D eigenvalue weighted by atomic mass is 32.2. The summed E-state index contributed by atoms with van der Waals surface area (Å²) >= 11 is 0.0541. The van der Waals surface area contributed by atoms with Crippen LogP contribution in [0.15, 0.2) is 30.6 Å². The second-order valence-corrected chi connectivity index (χ2v) is 6.65. The highest BCUT2D eigenvalue weighted by molar-refractivity contribution is 8.00. The van der Waals surface area contributed by atoms with E-state index in [1.54, 1.807) is 0 Å². The number of aryl methyl sites for hydroxylation is 1. The number of thioether (sulfide) groups is 1. The molecule has 0 radical (unpaired) electrons. The van der Waals surface area contributed by atoms with E-state index in [0.29, 0.717) is 19.4 Å². The Morgan fingerprint density at radius 3 is 2.09 bits per heavy atom. The summed E-state index contributed by atoms with van der Waals surface area (Å²) in [6.07, 6.45) is 11.2. The first-order valence-corrected chi connectivity index (χ1v) is 9.29. The molecule has 0 aliphatic carbocycles. The predicted molar refractivity (Wildman–Crippen MR) is 88.3 cm³/mol. The molecule has 132 valence electrons. The van der Waals surface area contributed by atoms with E-state index in [1.165, 1.54) is 19.3 Å². The van der Waals surface area contributed by atoms with Crippen molar-refractivity contribution in [3.8, 4) is 0 Å². The molecule has 23 heavy (non-hydrogen) atoms. The lowest BCUT2D eigenvalue weighted by atomic mass is 10.1. The fourth-order valence-corrected chi connectivity index (χ4v) is 2.79. The van der Waals surface area contributed by atoms with Crippen LogP contribution >= 0.6 is 11.8 Å². The Morgan fingerprint density at radius 1 is 0.783 bits per heavy atom. The molecule has 0 N–H and O–H groups in total. The molecule has 1 rings (SSSR count). The highest BCUT2D eigenvalue weighted by Gasteiger charge is 2.27. The molecule has 0 aliphatic rings. The molecule has 1 heterocycles. The van der Waals surface area contributed by atoms with Gasteiger partial charge in [-0.15, -0.1) is 0 Å². The molecule has 1 aromatic rings. The first kappa shape index (κ1) is 20.3. The van der Waals surface area contributed by atoms with Crippen molar-refractivity contribution in [3.63, 3.8) is 0 Å². The van der Waals surface area contributed by atoms with Gasteiger partial charge in [0.2, 0.25) is 0 Å². The minimum absolute atomic E-state index is 0.0541. The van der Waals surface area contributed by atoms with Crippen LogP contribution in [0.1, 0.15) is 44.9 Å². The molecule has 0 atom stereocenters. The van der Waals surface area contributed by atoms with Crippen LogP contribution in [0, 0.1) is 0 Å². The third kappa shape index (κ3) is 13.4. The molecule has 2 nitrogen and oxygen atoms in total. The summed E-state index contributed by atoms with van der Waals surface area (Å²) in [6, 6.07) is 6.10. The Labute approximate surface area is 141 Å². The van der Waals surface area contributed by atoms with Gasteiger partial charge in [-0.2, -0.15) is 13.2 Å². The van der Waals surface area contributed by atoms with Gasteiger partial charge in [-0.05, 0) is 25.7 Å². The second kappa shape index (κ2) is 12.6. The van der Waals surface area contributed by atoms with E-state index in [-0.39, 0.29) is 17.5 Å². The van der Waals surface area contributed by atoms with Crippen molar-refractivity contribution in [2.45, 2.75) is 57.0 Å². The zero-order valence-electron chi connectivity index (χ0n) is 13.6. The van der Waals surface area contributed by atoms with Gasteiger partial charge < -0.3 is 4.74 Å². The number of nitrogens with zero attached hydrogens (tertiary/aromatic N) is 1. The van der Waals surface area contributed by atoms with Crippen molar-refractivity contribution >= 4 is 11.8 Å². The molecule has 0 saturated carbocycles. The Kier molecular flexibility index (Phi) is 11.2. The fraction of sp³-hybridized carbons (Fsp3) is 0.706. The number of ether oxygens (including phenoxy) is 1. The lowest BCUT2D eigenvalue weighted by Crippen LogP contribution is -2.32. The summed E-state index contributed by atoms with van der Waals surface area (Å²) < 4.78 is 43.3. The topological polar surface area (TPSA) is 13.1 Å². The SMILES string of the molecule is FC(F)(F)SCCCCOCCCCCCC[n+]1ccccc1. The lowest BCUT2D eigenvalue weighted by molar-refractivity contribution is -0.697. The van der Waals surface area contributed by atoms with Crippen LogP contribution in [0.25, 0.3) is 0 Å².